The molecule has 0 heterocycles. The Kier molecular flexibility index (Phi) is 4.74. The predicted octanol–water partition coefficient (Wildman–Crippen LogP) is 2.69. The van der Waals surface area contributed by atoms with Gasteiger partial charge in [0.2, 0.25) is 0 Å². The summed E-state index contributed by atoms with van der Waals surface area (Å²) in [4.78, 5) is 0. The van der Waals surface area contributed by atoms with Gasteiger partial charge in [0.1, 0.15) is 0 Å². The van der Waals surface area contributed by atoms with Crippen molar-refractivity contribution < 1.29 is 13.2 Å². The second-order valence-corrected chi connectivity index (χ2v) is 3.82. The van der Waals surface area contributed by atoms with E-state index in [4.69, 9.17) is 12.2 Å². The van der Waals surface area contributed by atoms with Gasteiger partial charge in [0.25, 0.3) is 0 Å². The van der Waals surface area contributed by atoms with E-state index in [0.717, 1.165) is 17.7 Å². The molecule has 0 aliphatic carbocycles. The normalized spacial score (nSPS) is 11.1. The Labute approximate surface area is 103 Å². The summed E-state index contributed by atoms with van der Waals surface area (Å²) >= 11 is 4.94. The minimum Gasteiger partial charge on any atom is -0.363 e. The van der Waals surface area contributed by atoms with Crippen molar-refractivity contribution in [2.45, 2.75) is 19.6 Å². The molecule has 1 aromatic rings. The number of benzene rings is 1. The molecule has 0 amide bonds. The Morgan fingerprint density at radius 2 is 1.76 bits per heavy atom. The first-order valence-corrected chi connectivity index (χ1v) is 5.52. The lowest BCUT2D eigenvalue weighted by Gasteiger charge is -2.10. The summed E-state index contributed by atoms with van der Waals surface area (Å²) in [5.41, 5.74) is 0.105. The fourth-order valence-electron chi connectivity index (χ4n) is 1.22. The Bertz CT molecular complexity index is 373. The van der Waals surface area contributed by atoms with Gasteiger partial charge < -0.3 is 10.6 Å². The van der Waals surface area contributed by atoms with Crippen LogP contribution in [0.3, 0.4) is 0 Å². The topological polar surface area (TPSA) is 24.1 Å². The Hall–Kier alpha value is -1.30. The molecular weight excluding hydrogens is 249 g/mol. The molecule has 2 N–H and O–H groups in total. The van der Waals surface area contributed by atoms with Crippen LogP contribution in [0.2, 0.25) is 0 Å². The van der Waals surface area contributed by atoms with E-state index in [9.17, 15) is 13.2 Å². The van der Waals surface area contributed by atoms with E-state index < -0.39 is 11.7 Å². The monoisotopic (exact) mass is 262 g/mol. The summed E-state index contributed by atoms with van der Waals surface area (Å²) in [5, 5.41) is 6.28. The fourth-order valence-corrected chi connectivity index (χ4v) is 1.43. The second-order valence-electron chi connectivity index (χ2n) is 3.41. The van der Waals surface area contributed by atoms with E-state index >= 15 is 0 Å². The average Bonchev–Trinajstić information content (AvgIpc) is 2.26. The summed E-state index contributed by atoms with van der Waals surface area (Å²) in [7, 11) is 0. The predicted molar refractivity (Wildman–Crippen MR) is 64.6 cm³/mol. The molecule has 0 saturated heterocycles. The van der Waals surface area contributed by atoms with Crippen LogP contribution in [-0.4, -0.2) is 11.7 Å². The van der Waals surface area contributed by atoms with E-state index in [2.05, 4.69) is 10.6 Å². The van der Waals surface area contributed by atoms with Crippen LogP contribution in [0, 0.1) is 0 Å². The summed E-state index contributed by atoms with van der Waals surface area (Å²) in [6.07, 6.45) is -4.29. The van der Waals surface area contributed by atoms with E-state index in [1.54, 1.807) is 0 Å². The molecule has 0 radical (unpaired) electrons. The lowest BCUT2D eigenvalue weighted by molar-refractivity contribution is -0.137. The number of hydrogen-bond donors (Lipinski definition) is 2. The van der Waals surface area contributed by atoms with Crippen LogP contribution in [0.15, 0.2) is 24.3 Å². The Morgan fingerprint density at radius 3 is 2.24 bits per heavy atom. The summed E-state index contributed by atoms with van der Waals surface area (Å²) in [6, 6.07) is 5.00. The molecule has 17 heavy (non-hydrogen) atoms. The molecule has 0 bridgehead atoms. The fraction of sp³-hybridized carbons (Fsp3) is 0.364. The van der Waals surface area contributed by atoms with Crippen molar-refractivity contribution in [1.29, 1.82) is 0 Å². The van der Waals surface area contributed by atoms with Crippen LogP contribution in [0.4, 0.5) is 13.2 Å². The molecule has 2 nitrogen and oxygen atoms in total. The van der Waals surface area contributed by atoms with Gasteiger partial charge in [-0.2, -0.15) is 13.2 Å². The quantitative estimate of drug-likeness (QED) is 0.819. The highest BCUT2D eigenvalue weighted by atomic mass is 32.1. The van der Waals surface area contributed by atoms with Crippen molar-refractivity contribution in [3.63, 3.8) is 0 Å². The summed E-state index contributed by atoms with van der Waals surface area (Å²) in [5.74, 6) is 0. The molecule has 1 rings (SSSR count). The number of thiocarbonyl (C=S) groups is 1. The van der Waals surface area contributed by atoms with Gasteiger partial charge in [-0.15, -0.1) is 0 Å². The third kappa shape index (κ3) is 4.60. The summed E-state index contributed by atoms with van der Waals surface area (Å²) in [6.45, 7) is 3.02. The van der Waals surface area contributed by atoms with Crippen molar-refractivity contribution in [1.82, 2.24) is 10.6 Å². The molecule has 0 fully saturated rings. The largest absolute Gasteiger partial charge is 0.416 e. The zero-order valence-corrected chi connectivity index (χ0v) is 10.1. The number of nitrogens with one attached hydrogen (secondary N) is 2. The van der Waals surface area contributed by atoms with Crippen molar-refractivity contribution in [2.24, 2.45) is 0 Å². The van der Waals surface area contributed by atoms with E-state index in [1.807, 2.05) is 6.92 Å². The minimum atomic E-state index is -4.29. The molecule has 0 aliphatic heterocycles. The van der Waals surface area contributed by atoms with Crippen LogP contribution in [0.5, 0.6) is 0 Å². The molecule has 1 aromatic carbocycles. The van der Waals surface area contributed by atoms with Gasteiger partial charge in [0.05, 0.1) is 5.56 Å². The zero-order valence-electron chi connectivity index (χ0n) is 9.27. The second kappa shape index (κ2) is 5.86. The van der Waals surface area contributed by atoms with Gasteiger partial charge >= 0.3 is 6.18 Å². The summed E-state index contributed by atoms with van der Waals surface area (Å²) < 4.78 is 36.9. The van der Waals surface area contributed by atoms with Crippen molar-refractivity contribution >= 4 is 17.3 Å². The van der Waals surface area contributed by atoms with Gasteiger partial charge in [-0.1, -0.05) is 12.1 Å². The van der Waals surface area contributed by atoms with Crippen LogP contribution >= 0.6 is 12.2 Å². The molecule has 0 saturated carbocycles. The van der Waals surface area contributed by atoms with Gasteiger partial charge in [0.15, 0.2) is 5.11 Å². The van der Waals surface area contributed by atoms with E-state index in [1.165, 1.54) is 12.1 Å². The van der Waals surface area contributed by atoms with Crippen LogP contribution < -0.4 is 10.6 Å². The highest BCUT2D eigenvalue weighted by molar-refractivity contribution is 7.80. The molecule has 0 atom stereocenters. The smallest absolute Gasteiger partial charge is 0.363 e. The van der Waals surface area contributed by atoms with Gasteiger partial charge in [0, 0.05) is 13.1 Å². The molecule has 0 aliphatic rings. The van der Waals surface area contributed by atoms with Crippen molar-refractivity contribution in [3.8, 4) is 0 Å². The number of rotatable bonds is 3. The van der Waals surface area contributed by atoms with Crippen molar-refractivity contribution in [2.75, 3.05) is 6.54 Å². The number of hydrogen-bond acceptors (Lipinski definition) is 1. The third-order valence-electron chi connectivity index (χ3n) is 2.07. The average molecular weight is 262 g/mol. The number of halogens is 3. The van der Waals surface area contributed by atoms with Crippen LogP contribution in [0.25, 0.3) is 0 Å². The zero-order chi connectivity index (χ0) is 12.9. The highest BCUT2D eigenvalue weighted by Gasteiger charge is 2.29. The molecule has 6 heteroatoms. The molecule has 94 valence electrons. The first kappa shape index (κ1) is 13.8. The van der Waals surface area contributed by atoms with Gasteiger partial charge in [-0.25, -0.2) is 0 Å². The standard InChI is InChI=1S/C11H13F3N2S/c1-2-15-10(17)16-7-8-3-5-9(6-4-8)11(12,13)14/h3-6H,2,7H2,1H3,(H2,15,16,17). The Balaban J connectivity index is 2.54. The maximum atomic E-state index is 12.3. The third-order valence-corrected chi connectivity index (χ3v) is 2.36. The molecular formula is C11H13F3N2S. The van der Waals surface area contributed by atoms with Crippen LogP contribution in [-0.2, 0) is 12.7 Å². The van der Waals surface area contributed by atoms with E-state index in [0.29, 0.717) is 18.2 Å². The number of alkyl halides is 3. The lowest BCUT2D eigenvalue weighted by Crippen LogP contribution is -2.34. The highest BCUT2D eigenvalue weighted by Crippen LogP contribution is 2.28. The molecule has 0 spiro atoms. The Morgan fingerprint density at radius 1 is 1.18 bits per heavy atom. The maximum absolute atomic E-state index is 12.3. The first-order chi connectivity index (χ1) is 7.93. The van der Waals surface area contributed by atoms with Gasteiger partial charge in [-0.3, -0.25) is 0 Å². The molecule has 0 unspecified atom stereocenters. The SMILES string of the molecule is CCNC(=S)NCc1ccc(C(F)(F)F)cc1. The van der Waals surface area contributed by atoms with Gasteiger partial charge in [-0.05, 0) is 36.8 Å². The lowest BCUT2D eigenvalue weighted by atomic mass is 10.1. The maximum Gasteiger partial charge on any atom is 0.416 e. The van der Waals surface area contributed by atoms with Crippen molar-refractivity contribution in [3.05, 3.63) is 35.4 Å². The molecule has 0 aromatic heterocycles. The minimum absolute atomic E-state index is 0.407. The first-order valence-electron chi connectivity index (χ1n) is 5.11. The van der Waals surface area contributed by atoms with Crippen LogP contribution in [0.1, 0.15) is 18.1 Å². The van der Waals surface area contributed by atoms with E-state index in [-0.39, 0.29) is 0 Å².